The molecule has 1 aliphatic heterocycles. The monoisotopic (exact) mass is 297 g/mol. The van der Waals surface area contributed by atoms with Gasteiger partial charge >= 0.3 is 0 Å². The molecule has 1 N–H and O–H groups in total. The van der Waals surface area contributed by atoms with E-state index in [0.717, 1.165) is 24.0 Å². The van der Waals surface area contributed by atoms with E-state index >= 15 is 0 Å². The Morgan fingerprint density at radius 2 is 2.24 bits per heavy atom. The number of aliphatic hydroxyl groups excluding tert-OH is 1. The first-order chi connectivity index (χ1) is 8.03. The fourth-order valence-electron chi connectivity index (χ4n) is 2.44. The summed E-state index contributed by atoms with van der Waals surface area (Å²) in [4.78, 5) is 2.37. The molecule has 0 amide bonds. The summed E-state index contributed by atoms with van der Waals surface area (Å²) in [5.74, 6) is 0.357. The lowest BCUT2D eigenvalue weighted by molar-refractivity contribution is 0.0967. The van der Waals surface area contributed by atoms with E-state index in [1.165, 1.54) is 5.69 Å². The van der Waals surface area contributed by atoms with Gasteiger partial charge in [-0.2, -0.15) is 0 Å². The van der Waals surface area contributed by atoms with Gasteiger partial charge in [0.2, 0.25) is 0 Å². The van der Waals surface area contributed by atoms with Crippen molar-refractivity contribution in [3.8, 4) is 0 Å². The molecule has 3 heteroatoms. The van der Waals surface area contributed by atoms with Gasteiger partial charge in [-0.05, 0) is 30.0 Å². The highest BCUT2D eigenvalue weighted by Crippen LogP contribution is 2.37. The molecule has 0 radical (unpaired) electrons. The minimum atomic E-state index is 0.247. The summed E-state index contributed by atoms with van der Waals surface area (Å²) in [7, 11) is 0. The average Bonchev–Trinajstić information content (AvgIpc) is 2.28. The number of halogens is 1. The molecular formula is C14H20BrNO. The summed E-state index contributed by atoms with van der Waals surface area (Å²) in [6, 6.07) is 8.39. The lowest BCUT2D eigenvalue weighted by Gasteiger charge is -2.44. The summed E-state index contributed by atoms with van der Waals surface area (Å²) in [6.07, 6.45) is 1.13. The van der Waals surface area contributed by atoms with Crippen LogP contribution in [0.25, 0.3) is 0 Å². The fourth-order valence-corrected chi connectivity index (χ4v) is 2.83. The molecule has 1 fully saturated rings. The minimum Gasteiger partial charge on any atom is -0.396 e. The summed E-state index contributed by atoms with van der Waals surface area (Å²) in [5, 5.41) is 9.51. The van der Waals surface area contributed by atoms with Crippen LogP contribution in [-0.4, -0.2) is 24.8 Å². The quantitative estimate of drug-likeness (QED) is 0.905. The molecule has 1 unspecified atom stereocenters. The number of nitrogens with zero attached hydrogens (tertiary/aromatic N) is 1. The molecule has 1 aromatic rings. The Morgan fingerprint density at radius 1 is 1.47 bits per heavy atom. The van der Waals surface area contributed by atoms with Gasteiger partial charge in [-0.15, -0.1) is 0 Å². The van der Waals surface area contributed by atoms with E-state index in [1.807, 2.05) is 6.07 Å². The van der Waals surface area contributed by atoms with Crippen molar-refractivity contribution in [1.82, 2.24) is 0 Å². The summed E-state index contributed by atoms with van der Waals surface area (Å²) in [6.45, 7) is 6.80. The molecule has 2 rings (SSSR count). The molecule has 0 aliphatic carbocycles. The molecule has 0 saturated carbocycles. The smallest absolute Gasteiger partial charge is 0.0481 e. The van der Waals surface area contributed by atoms with E-state index in [9.17, 15) is 5.11 Å². The van der Waals surface area contributed by atoms with Gasteiger partial charge in [0.1, 0.15) is 0 Å². The summed E-state index contributed by atoms with van der Waals surface area (Å²) < 4.78 is 1.11. The molecule has 17 heavy (non-hydrogen) atoms. The highest BCUT2D eigenvalue weighted by Gasteiger charge is 2.34. The molecule has 1 aromatic carbocycles. The van der Waals surface area contributed by atoms with Crippen molar-refractivity contribution in [2.45, 2.75) is 20.3 Å². The van der Waals surface area contributed by atoms with Crippen molar-refractivity contribution >= 4 is 21.6 Å². The van der Waals surface area contributed by atoms with Gasteiger partial charge in [0.25, 0.3) is 0 Å². The molecule has 0 aromatic heterocycles. The van der Waals surface area contributed by atoms with Crippen molar-refractivity contribution < 1.29 is 5.11 Å². The second-order valence-corrected chi connectivity index (χ2v) is 6.46. The zero-order valence-corrected chi connectivity index (χ0v) is 12.1. The first-order valence-electron chi connectivity index (χ1n) is 6.14. The standard InChI is InChI=1S/C14H20BrNO/c1-14(2)6-7-16(9-11(14)10-17)13-5-3-4-12(15)8-13/h3-5,8,11,17H,6-7,9-10H2,1-2H3. The number of hydrogen-bond donors (Lipinski definition) is 1. The molecule has 1 heterocycles. The Bertz CT molecular complexity index is 392. The van der Waals surface area contributed by atoms with Crippen LogP contribution >= 0.6 is 15.9 Å². The second-order valence-electron chi connectivity index (χ2n) is 5.54. The second kappa shape index (κ2) is 4.99. The maximum absolute atomic E-state index is 9.51. The van der Waals surface area contributed by atoms with Crippen molar-refractivity contribution in [3.63, 3.8) is 0 Å². The molecule has 1 saturated heterocycles. The van der Waals surface area contributed by atoms with Crippen molar-refractivity contribution in [1.29, 1.82) is 0 Å². The zero-order chi connectivity index (χ0) is 12.5. The number of aliphatic hydroxyl groups is 1. The third-order valence-corrected chi connectivity index (χ3v) is 4.46. The SMILES string of the molecule is CC1(C)CCN(c2cccc(Br)c2)CC1CO. The van der Waals surface area contributed by atoms with Gasteiger partial charge in [0, 0.05) is 35.8 Å². The molecular weight excluding hydrogens is 278 g/mol. The third-order valence-electron chi connectivity index (χ3n) is 3.97. The van der Waals surface area contributed by atoms with Crippen molar-refractivity contribution in [3.05, 3.63) is 28.7 Å². The van der Waals surface area contributed by atoms with E-state index in [2.05, 4.69) is 52.9 Å². The fraction of sp³-hybridized carbons (Fsp3) is 0.571. The molecule has 0 bridgehead atoms. The molecule has 1 aliphatic rings. The first-order valence-corrected chi connectivity index (χ1v) is 6.93. The van der Waals surface area contributed by atoms with Gasteiger partial charge in [-0.25, -0.2) is 0 Å². The van der Waals surface area contributed by atoms with Crippen LogP contribution in [0.15, 0.2) is 28.7 Å². The van der Waals surface area contributed by atoms with Gasteiger partial charge in [0.15, 0.2) is 0 Å². The topological polar surface area (TPSA) is 23.5 Å². The Balaban J connectivity index is 2.15. The highest BCUT2D eigenvalue weighted by molar-refractivity contribution is 9.10. The number of rotatable bonds is 2. The van der Waals surface area contributed by atoms with E-state index in [1.54, 1.807) is 0 Å². The van der Waals surface area contributed by atoms with Crippen LogP contribution < -0.4 is 4.90 Å². The van der Waals surface area contributed by atoms with Crippen LogP contribution in [0.2, 0.25) is 0 Å². The average molecular weight is 298 g/mol. The molecule has 94 valence electrons. The number of hydrogen-bond acceptors (Lipinski definition) is 2. The molecule has 0 spiro atoms. The van der Waals surface area contributed by atoms with Gasteiger partial charge in [-0.3, -0.25) is 0 Å². The van der Waals surface area contributed by atoms with Crippen LogP contribution in [0.4, 0.5) is 5.69 Å². The van der Waals surface area contributed by atoms with Crippen LogP contribution in [0.1, 0.15) is 20.3 Å². The highest BCUT2D eigenvalue weighted by atomic mass is 79.9. The largest absolute Gasteiger partial charge is 0.396 e. The van der Waals surface area contributed by atoms with Gasteiger partial charge in [0.05, 0.1) is 0 Å². The van der Waals surface area contributed by atoms with E-state index in [-0.39, 0.29) is 12.0 Å². The normalized spacial score (nSPS) is 23.8. The third kappa shape index (κ3) is 2.83. The predicted molar refractivity (Wildman–Crippen MR) is 75.3 cm³/mol. The van der Waals surface area contributed by atoms with Crippen LogP contribution in [0, 0.1) is 11.3 Å². The summed E-state index contributed by atoms with van der Waals surface area (Å²) >= 11 is 3.51. The maximum atomic E-state index is 9.51. The zero-order valence-electron chi connectivity index (χ0n) is 10.5. The molecule has 2 nitrogen and oxygen atoms in total. The van der Waals surface area contributed by atoms with Gasteiger partial charge < -0.3 is 10.0 Å². The lowest BCUT2D eigenvalue weighted by atomic mass is 9.73. The van der Waals surface area contributed by atoms with Gasteiger partial charge in [-0.1, -0.05) is 35.8 Å². The van der Waals surface area contributed by atoms with Crippen molar-refractivity contribution in [2.24, 2.45) is 11.3 Å². The Labute approximate surface area is 112 Å². The number of piperidine rings is 1. The summed E-state index contributed by atoms with van der Waals surface area (Å²) in [5.41, 5.74) is 1.49. The first kappa shape index (κ1) is 12.9. The van der Waals surface area contributed by atoms with Crippen LogP contribution in [0.5, 0.6) is 0 Å². The number of benzene rings is 1. The Hall–Kier alpha value is -0.540. The van der Waals surface area contributed by atoms with Crippen LogP contribution in [0.3, 0.4) is 0 Å². The van der Waals surface area contributed by atoms with E-state index in [4.69, 9.17) is 0 Å². The van der Waals surface area contributed by atoms with Crippen LogP contribution in [-0.2, 0) is 0 Å². The van der Waals surface area contributed by atoms with E-state index in [0.29, 0.717) is 5.92 Å². The Kier molecular flexibility index (Phi) is 3.79. The number of anilines is 1. The molecule has 1 atom stereocenters. The maximum Gasteiger partial charge on any atom is 0.0481 e. The lowest BCUT2D eigenvalue weighted by Crippen LogP contribution is -2.46. The van der Waals surface area contributed by atoms with E-state index < -0.39 is 0 Å². The Morgan fingerprint density at radius 3 is 2.88 bits per heavy atom. The predicted octanol–water partition coefficient (Wildman–Crippen LogP) is 3.29. The van der Waals surface area contributed by atoms with Crippen molar-refractivity contribution in [2.75, 3.05) is 24.6 Å². The minimum absolute atomic E-state index is 0.247.